The van der Waals surface area contributed by atoms with Gasteiger partial charge < -0.3 is 78.7 Å². The summed E-state index contributed by atoms with van der Waals surface area (Å²) in [6, 6.07) is 27.2. The van der Waals surface area contributed by atoms with Gasteiger partial charge in [0.15, 0.2) is 18.9 Å². The van der Waals surface area contributed by atoms with E-state index in [0.717, 1.165) is 16.7 Å². The van der Waals surface area contributed by atoms with Crippen molar-refractivity contribution in [3.63, 3.8) is 0 Å². The van der Waals surface area contributed by atoms with Gasteiger partial charge in [-0.3, -0.25) is 0 Å². The van der Waals surface area contributed by atoms with E-state index in [1.807, 2.05) is 66.7 Å². The van der Waals surface area contributed by atoms with Crippen molar-refractivity contribution in [1.82, 2.24) is 0 Å². The highest BCUT2D eigenvalue weighted by atomic mass is 16.7. The standard InChI is InChI=1S/C39H50O16/c40-16-25-33(48-18-22-10-4-1-5-11-22)28(42)30(44)38(53-25)51-21-27-35(50-20-24-14-8-3-9-15-24)36(32(46)37(47)52-27)55-39-31(45)29(43)34(26(17-41)54-39)49-19-23-12-6-2-7-13-23/h1-15,25-47H,16-21H2/t25-,26-,27-,28-,29-,30-,31-,32-,33-,34-,35-,36-,37-,38-,39+/m1/s1. The molecule has 3 aliphatic rings. The van der Waals surface area contributed by atoms with Crippen LogP contribution >= 0.6 is 0 Å². The molecule has 3 heterocycles. The van der Waals surface area contributed by atoms with Crippen molar-refractivity contribution in [3.05, 3.63) is 108 Å². The molecule has 8 N–H and O–H groups in total. The summed E-state index contributed by atoms with van der Waals surface area (Å²) < 4.78 is 47.2. The third kappa shape index (κ3) is 10.3. The lowest BCUT2D eigenvalue weighted by Crippen LogP contribution is -2.65. The zero-order valence-corrected chi connectivity index (χ0v) is 29.9. The molecule has 0 bridgehead atoms. The molecule has 0 aliphatic carbocycles. The molecule has 0 unspecified atom stereocenters. The van der Waals surface area contributed by atoms with Crippen LogP contribution in [0.4, 0.5) is 0 Å². The van der Waals surface area contributed by atoms with Crippen LogP contribution in [0.3, 0.4) is 0 Å². The van der Waals surface area contributed by atoms with Gasteiger partial charge in [-0.25, -0.2) is 0 Å². The van der Waals surface area contributed by atoms with Gasteiger partial charge in [-0.15, -0.1) is 0 Å². The van der Waals surface area contributed by atoms with Crippen LogP contribution in [0.15, 0.2) is 91.0 Å². The molecule has 3 aliphatic heterocycles. The summed E-state index contributed by atoms with van der Waals surface area (Å²) in [5.41, 5.74) is 2.32. The molecular weight excluding hydrogens is 724 g/mol. The Kier molecular flexibility index (Phi) is 15.1. The van der Waals surface area contributed by atoms with Gasteiger partial charge in [0, 0.05) is 0 Å². The molecule has 3 aromatic rings. The molecule has 0 saturated carbocycles. The highest BCUT2D eigenvalue weighted by Gasteiger charge is 2.53. The molecule has 0 spiro atoms. The number of rotatable bonds is 16. The first-order valence-corrected chi connectivity index (χ1v) is 18.2. The maximum Gasteiger partial charge on any atom is 0.187 e. The van der Waals surface area contributed by atoms with Gasteiger partial charge in [0.25, 0.3) is 0 Å². The fourth-order valence-corrected chi connectivity index (χ4v) is 6.81. The highest BCUT2D eigenvalue weighted by molar-refractivity contribution is 5.15. The minimum atomic E-state index is -1.87. The van der Waals surface area contributed by atoms with Crippen molar-refractivity contribution >= 4 is 0 Å². The van der Waals surface area contributed by atoms with Gasteiger partial charge in [0.05, 0.1) is 39.6 Å². The summed E-state index contributed by atoms with van der Waals surface area (Å²) in [7, 11) is 0. The first-order valence-electron chi connectivity index (χ1n) is 18.2. The Labute approximate surface area is 317 Å². The van der Waals surface area contributed by atoms with E-state index in [9.17, 15) is 40.9 Å². The molecule has 3 aromatic carbocycles. The molecule has 302 valence electrons. The summed E-state index contributed by atoms with van der Waals surface area (Å²) in [6.45, 7) is -1.55. The lowest BCUT2D eigenvalue weighted by atomic mass is 9.96. The fraction of sp³-hybridized carbons (Fsp3) is 0.538. The van der Waals surface area contributed by atoms with Gasteiger partial charge in [0.2, 0.25) is 0 Å². The van der Waals surface area contributed by atoms with E-state index < -0.39 is 112 Å². The first-order chi connectivity index (χ1) is 26.7. The second-order valence-corrected chi connectivity index (χ2v) is 13.7. The van der Waals surface area contributed by atoms with Crippen molar-refractivity contribution in [3.8, 4) is 0 Å². The van der Waals surface area contributed by atoms with Crippen LogP contribution in [0.2, 0.25) is 0 Å². The molecule has 15 atom stereocenters. The van der Waals surface area contributed by atoms with Crippen LogP contribution in [-0.2, 0) is 57.7 Å². The van der Waals surface area contributed by atoms with E-state index in [1.165, 1.54) is 0 Å². The van der Waals surface area contributed by atoms with Gasteiger partial charge in [0.1, 0.15) is 73.2 Å². The monoisotopic (exact) mass is 774 g/mol. The smallest absolute Gasteiger partial charge is 0.187 e. The normalized spacial score (nSPS) is 36.8. The molecule has 6 rings (SSSR count). The Morgan fingerprint density at radius 2 is 0.836 bits per heavy atom. The third-order valence-electron chi connectivity index (χ3n) is 9.85. The predicted octanol–water partition coefficient (Wildman–Crippen LogP) is -0.899. The van der Waals surface area contributed by atoms with Crippen LogP contribution in [0.25, 0.3) is 0 Å². The second-order valence-electron chi connectivity index (χ2n) is 13.7. The lowest BCUT2D eigenvalue weighted by molar-refractivity contribution is -0.368. The minimum absolute atomic E-state index is 0.0340. The lowest BCUT2D eigenvalue weighted by Gasteiger charge is -2.47. The van der Waals surface area contributed by atoms with Crippen LogP contribution in [0.1, 0.15) is 16.7 Å². The summed E-state index contributed by atoms with van der Waals surface area (Å²) in [4.78, 5) is 0. The topological polar surface area (TPSA) is 236 Å². The SMILES string of the molecule is OC[C@H]1O[C@@H](OC[C@H]2O[C@@H](O)[C@H](O)[C@@H](O[C@@H]3O[C@H](CO)[C@@H](OCc4ccccc4)[C@H](O)[C@H]3O)[C@@H]2OCc2ccccc2)[C@H](O)[C@@H](O)[C@@H]1OCc1ccccc1. The fourth-order valence-electron chi connectivity index (χ4n) is 6.81. The quantitative estimate of drug-likeness (QED) is 0.0881. The van der Waals surface area contributed by atoms with E-state index in [0.29, 0.717) is 0 Å². The van der Waals surface area contributed by atoms with Gasteiger partial charge in [-0.1, -0.05) is 91.0 Å². The summed E-state index contributed by atoms with van der Waals surface area (Å²) >= 11 is 0. The number of ether oxygens (including phenoxy) is 8. The molecule has 16 heteroatoms. The number of benzene rings is 3. The van der Waals surface area contributed by atoms with Crippen molar-refractivity contribution in [2.75, 3.05) is 19.8 Å². The van der Waals surface area contributed by atoms with Crippen molar-refractivity contribution < 1.29 is 78.7 Å². The maximum absolute atomic E-state index is 11.2. The number of hydrogen-bond acceptors (Lipinski definition) is 16. The molecular formula is C39H50O16. The Morgan fingerprint density at radius 3 is 1.29 bits per heavy atom. The van der Waals surface area contributed by atoms with Crippen molar-refractivity contribution in [2.24, 2.45) is 0 Å². The van der Waals surface area contributed by atoms with Crippen LogP contribution < -0.4 is 0 Å². The maximum atomic E-state index is 11.2. The Bertz CT molecular complexity index is 1540. The first kappa shape index (κ1) is 41.6. The predicted molar refractivity (Wildman–Crippen MR) is 188 cm³/mol. The van der Waals surface area contributed by atoms with E-state index >= 15 is 0 Å². The molecule has 3 fully saturated rings. The summed E-state index contributed by atoms with van der Waals surface area (Å²) in [5, 5.41) is 86.6. The summed E-state index contributed by atoms with van der Waals surface area (Å²) in [5.74, 6) is 0. The molecule has 0 radical (unpaired) electrons. The summed E-state index contributed by atoms with van der Waals surface area (Å²) in [6.07, 6.45) is -21.8. The minimum Gasteiger partial charge on any atom is -0.394 e. The second kappa shape index (κ2) is 19.9. The Hall–Kier alpha value is -2.98. The highest BCUT2D eigenvalue weighted by Crippen LogP contribution is 2.33. The van der Waals surface area contributed by atoms with Gasteiger partial charge >= 0.3 is 0 Å². The van der Waals surface area contributed by atoms with E-state index in [1.54, 1.807) is 24.3 Å². The van der Waals surface area contributed by atoms with Crippen molar-refractivity contribution in [2.45, 2.75) is 112 Å². The molecule has 16 nitrogen and oxygen atoms in total. The van der Waals surface area contributed by atoms with Gasteiger partial charge in [-0.05, 0) is 16.7 Å². The Balaban J connectivity index is 1.15. The van der Waals surface area contributed by atoms with E-state index in [-0.39, 0.29) is 19.8 Å². The van der Waals surface area contributed by atoms with E-state index in [2.05, 4.69) is 0 Å². The Morgan fingerprint density at radius 1 is 0.418 bits per heavy atom. The van der Waals surface area contributed by atoms with Crippen LogP contribution in [0.5, 0.6) is 0 Å². The zero-order valence-electron chi connectivity index (χ0n) is 29.9. The average Bonchev–Trinajstić information content (AvgIpc) is 3.21. The van der Waals surface area contributed by atoms with Crippen molar-refractivity contribution in [1.29, 1.82) is 0 Å². The van der Waals surface area contributed by atoms with Gasteiger partial charge in [-0.2, -0.15) is 0 Å². The number of aliphatic hydroxyl groups is 8. The number of hydrogen-bond donors (Lipinski definition) is 8. The molecule has 55 heavy (non-hydrogen) atoms. The average molecular weight is 775 g/mol. The molecule has 0 aromatic heterocycles. The van der Waals surface area contributed by atoms with Crippen LogP contribution in [-0.4, -0.2) is 153 Å². The molecule has 0 amide bonds. The largest absolute Gasteiger partial charge is 0.394 e. The molecule has 3 saturated heterocycles. The zero-order chi connectivity index (χ0) is 38.9. The van der Waals surface area contributed by atoms with E-state index in [4.69, 9.17) is 37.9 Å². The number of aliphatic hydroxyl groups excluding tert-OH is 8. The van der Waals surface area contributed by atoms with Crippen LogP contribution in [0, 0.1) is 0 Å². The third-order valence-corrected chi connectivity index (χ3v) is 9.85.